The lowest BCUT2D eigenvalue weighted by Crippen LogP contribution is -2.40. The number of hydrogen-bond donors (Lipinski definition) is 0. The molecule has 0 amide bonds. The minimum absolute atomic E-state index is 0.193. The Hall–Kier alpha value is -4.10. The number of hydrogen-bond acceptors (Lipinski definition) is 5. The molecule has 1 aliphatic heterocycles. The first-order valence-corrected chi connectivity index (χ1v) is 13.3. The summed E-state index contributed by atoms with van der Waals surface area (Å²) >= 11 is 1.24. The quantitative estimate of drug-likeness (QED) is 0.325. The molecule has 1 atom stereocenters. The fourth-order valence-corrected chi connectivity index (χ4v) is 5.53. The second-order valence-corrected chi connectivity index (χ2v) is 10.3. The van der Waals surface area contributed by atoms with E-state index in [1.165, 1.54) is 23.5 Å². The summed E-state index contributed by atoms with van der Waals surface area (Å²) in [5, 5.41) is 0. The molecule has 0 fully saturated rings. The third-order valence-electron chi connectivity index (χ3n) is 6.46. The fraction of sp³-hybridized carbons (Fsp3) is 0.194. The van der Waals surface area contributed by atoms with Gasteiger partial charge in [0.05, 0.1) is 28.5 Å². The van der Waals surface area contributed by atoms with Gasteiger partial charge in [-0.05, 0) is 47.7 Å². The highest BCUT2D eigenvalue weighted by molar-refractivity contribution is 7.07. The summed E-state index contributed by atoms with van der Waals surface area (Å²) in [4.78, 5) is 32.7. The molecule has 1 aromatic heterocycles. The van der Waals surface area contributed by atoms with E-state index in [2.05, 4.69) is 13.8 Å². The third-order valence-corrected chi connectivity index (χ3v) is 7.44. The van der Waals surface area contributed by atoms with Crippen molar-refractivity contribution in [3.05, 3.63) is 132 Å². The predicted octanol–water partition coefficient (Wildman–Crippen LogP) is 5.20. The SMILES string of the molecule is CCOC(=O)C1=C(c2ccccc2)N=c2s/c(=C\c3ccc(F)cc3)c(=O)n2[C@H]1c1ccc(C(C)C)cc1. The highest BCUT2D eigenvalue weighted by atomic mass is 32.1. The first-order chi connectivity index (χ1) is 18.4. The van der Waals surface area contributed by atoms with Gasteiger partial charge in [-0.25, -0.2) is 14.2 Å². The van der Waals surface area contributed by atoms with Crippen molar-refractivity contribution in [1.29, 1.82) is 0 Å². The Morgan fingerprint density at radius 2 is 1.74 bits per heavy atom. The maximum Gasteiger partial charge on any atom is 0.338 e. The lowest BCUT2D eigenvalue weighted by molar-refractivity contribution is -0.138. The van der Waals surface area contributed by atoms with Crippen LogP contribution in [0.5, 0.6) is 0 Å². The minimum Gasteiger partial charge on any atom is -0.463 e. The van der Waals surface area contributed by atoms with Crippen molar-refractivity contribution in [3.63, 3.8) is 0 Å². The highest BCUT2D eigenvalue weighted by Crippen LogP contribution is 2.35. The highest BCUT2D eigenvalue weighted by Gasteiger charge is 2.35. The van der Waals surface area contributed by atoms with E-state index in [9.17, 15) is 14.0 Å². The maximum atomic E-state index is 13.8. The molecule has 0 bridgehead atoms. The number of ether oxygens (including phenoxy) is 1. The molecule has 0 saturated carbocycles. The normalized spacial score (nSPS) is 15.4. The average Bonchev–Trinajstić information content (AvgIpc) is 3.24. The summed E-state index contributed by atoms with van der Waals surface area (Å²) in [7, 11) is 0. The first-order valence-electron chi connectivity index (χ1n) is 12.5. The van der Waals surface area contributed by atoms with Crippen LogP contribution in [-0.4, -0.2) is 17.1 Å². The minimum atomic E-state index is -0.725. The summed E-state index contributed by atoms with van der Waals surface area (Å²) in [5.74, 6) is -0.525. The first kappa shape index (κ1) is 25.5. The summed E-state index contributed by atoms with van der Waals surface area (Å²) < 4.78 is 21.0. The Morgan fingerprint density at radius 1 is 1.05 bits per heavy atom. The van der Waals surface area contributed by atoms with Crippen molar-refractivity contribution >= 4 is 29.1 Å². The Bertz CT molecular complexity index is 1680. The summed E-state index contributed by atoms with van der Waals surface area (Å²) in [6, 6.07) is 22.7. The Labute approximate surface area is 223 Å². The zero-order chi connectivity index (χ0) is 26.8. The number of nitrogens with zero attached hydrogens (tertiary/aromatic N) is 2. The van der Waals surface area contributed by atoms with Crippen LogP contribution in [0.1, 0.15) is 55.0 Å². The number of carbonyl (C=O) groups excluding carboxylic acids is 1. The van der Waals surface area contributed by atoms with Crippen LogP contribution in [-0.2, 0) is 9.53 Å². The monoisotopic (exact) mass is 526 g/mol. The number of aromatic nitrogens is 1. The standard InChI is InChI=1S/C31H27FN2O3S/c1-4-37-30(36)26-27(22-8-6-5-7-9-22)33-31-34(28(26)23-14-12-21(13-15-23)19(2)3)29(35)25(38-31)18-20-10-16-24(32)17-11-20/h5-19,28H,4H2,1-3H3/b25-18-/t28-/m0/s1. The number of fused-ring (bicyclic) bond motifs is 1. The molecule has 0 spiro atoms. The van der Waals surface area contributed by atoms with Crippen LogP contribution >= 0.6 is 11.3 Å². The number of thiazole rings is 1. The number of halogens is 1. The zero-order valence-corrected chi connectivity index (χ0v) is 22.2. The van der Waals surface area contributed by atoms with E-state index >= 15 is 0 Å². The molecule has 2 heterocycles. The van der Waals surface area contributed by atoms with Gasteiger partial charge in [-0.3, -0.25) is 9.36 Å². The van der Waals surface area contributed by atoms with Gasteiger partial charge >= 0.3 is 5.97 Å². The molecular formula is C31H27FN2O3S. The smallest absolute Gasteiger partial charge is 0.338 e. The Kier molecular flexibility index (Phi) is 7.20. The van der Waals surface area contributed by atoms with Gasteiger partial charge < -0.3 is 4.74 Å². The predicted molar refractivity (Wildman–Crippen MR) is 148 cm³/mol. The lowest BCUT2D eigenvalue weighted by Gasteiger charge is -2.26. The van der Waals surface area contributed by atoms with Crippen molar-refractivity contribution in [3.8, 4) is 0 Å². The number of rotatable bonds is 6. The molecule has 0 radical (unpaired) electrons. The number of benzene rings is 3. The summed E-state index contributed by atoms with van der Waals surface area (Å²) in [5.41, 5.74) is 3.92. The van der Waals surface area contributed by atoms with Crippen molar-refractivity contribution in [2.75, 3.05) is 6.61 Å². The largest absolute Gasteiger partial charge is 0.463 e. The van der Waals surface area contributed by atoms with E-state index < -0.39 is 12.0 Å². The van der Waals surface area contributed by atoms with Crippen molar-refractivity contribution < 1.29 is 13.9 Å². The van der Waals surface area contributed by atoms with Crippen molar-refractivity contribution in [2.45, 2.75) is 32.7 Å². The van der Waals surface area contributed by atoms with Crippen LogP contribution in [0.15, 0.2) is 94.2 Å². The summed E-state index contributed by atoms with van der Waals surface area (Å²) in [6.07, 6.45) is 1.72. The van der Waals surface area contributed by atoms with Crippen molar-refractivity contribution in [2.24, 2.45) is 4.99 Å². The zero-order valence-electron chi connectivity index (χ0n) is 21.4. The van der Waals surface area contributed by atoms with Crippen LogP contribution in [0.25, 0.3) is 11.8 Å². The van der Waals surface area contributed by atoms with Crippen LogP contribution in [0.2, 0.25) is 0 Å². The van der Waals surface area contributed by atoms with Gasteiger partial charge in [0, 0.05) is 5.56 Å². The molecule has 5 rings (SSSR count). The topological polar surface area (TPSA) is 60.7 Å². The molecule has 5 nitrogen and oxygen atoms in total. The van der Waals surface area contributed by atoms with Gasteiger partial charge in [0.25, 0.3) is 5.56 Å². The van der Waals surface area contributed by atoms with Crippen molar-refractivity contribution in [1.82, 2.24) is 4.57 Å². The van der Waals surface area contributed by atoms with Crippen LogP contribution in [0, 0.1) is 5.82 Å². The molecule has 3 aromatic carbocycles. The molecule has 0 unspecified atom stereocenters. The lowest BCUT2D eigenvalue weighted by atomic mass is 9.91. The van der Waals surface area contributed by atoms with E-state index in [1.54, 1.807) is 29.7 Å². The molecule has 1 aliphatic rings. The average molecular weight is 527 g/mol. The Balaban J connectivity index is 1.81. The summed E-state index contributed by atoms with van der Waals surface area (Å²) in [6.45, 7) is 6.18. The van der Waals surface area contributed by atoms with Gasteiger partial charge in [0.2, 0.25) is 0 Å². The second-order valence-electron chi connectivity index (χ2n) is 9.30. The molecule has 7 heteroatoms. The third kappa shape index (κ3) is 4.89. The molecule has 192 valence electrons. The van der Waals surface area contributed by atoms with Gasteiger partial charge in [0.15, 0.2) is 4.80 Å². The Morgan fingerprint density at radius 3 is 2.37 bits per heavy atom. The number of carbonyl (C=O) groups is 1. The van der Waals surface area contributed by atoms with Gasteiger partial charge in [-0.1, -0.05) is 91.9 Å². The van der Waals surface area contributed by atoms with E-state index in [0.29, 0.717) is 32.1 Å². The van der Waals surface area contributed by atoms with E-state index in [4.69, 9.17) is 9.73 Å². The molecule has 4 aromatic rings. The van der Waals surface area contributed by atoms with Crippen LogP contribution in [0.3, 0.4) is 0 Å². The number of esters is 1. The second kappa shape index (κ2) is 10.7. The van der Waals surface area contributed by atoms with E-state index in [1.807, 2.05) is 54.6 Å². The van der Waals surface area contributed by atoms with Crippen LogP contribution in [0.4, 0.5) is 4.39 Å². The van der Waals surface area contributed by atoms with Crippen LogP contribution < -0.4 is 14.9 Å². The van der Waals surface area contributed by atoms with Gasteiger partial charge in [0.1, 0.15) is 5.82 Å². The van der Waals surface area contributed by atoms with Gasteiger partial charge in [-0.15, -0.1) is 0 Å². The molecule has 0 N–H and O–H groups in total. The molecule has 0 saturated heterocycles. The fourth-order valence-electron chi connectivity index (χ4n) is 4.53. The van der Waals surface area contributed by atoms with E-state index in [0.717, 1.165) is 16.7 Å². The maximum absolute atomic E-state index is 13.8. The van der Waals surface area contributed by atoms with E-state index in [-0.39, 0.29) is 18.0 Å². The molecular weight excluding hydrogens is 499 g/mol. The molecule has 38 heavy (non-hydrogen) atoms. The van der Waals surface area contributed by atoms with Gasteiger partial charge in [-0.2, -0.15) is 0 Å². The molecule has 0 aliphatic carbocycles.